The zero-order valence-electron chi connectivity index (χ0n) is 18.7. The molecular formula is C24H27NO7. The van der Waals surface area contributed by atoms with Gasteiger partial charge in [0.15, 0.2) is 18.1 Å². The van der Waals surface area contributed by atoms with Crippen LogP contribution in [0.2, 0.25) is 0 Å². The van der Waals surface area contributed by atoms with Crippen molar-refractivity contribution in [3.63, 3.8) is 0 Å². The fourth-order valence-electron chi connectivity index (χ4n) is 3.50. The number of benzene rings is 2. The second-order valence-corrected chi connectivity index (χ2v) is 7.09. The number of rotatable bonds is 8. The molecule has 0 saturated carbocycles. The molecule has 1 aliphatic rings. The van der Waals surface area contributed by atoms with Gasteiger partial charge >= 0.3 is 5.97 Å². The van der Waals surface area contributed by atoms with Gasteiger partial charge in [-0.05, 0) is 54.0 Å². The fourth-order valence-corrected chi connectivity index (χ4v) is 3.50. The summed E-state index contributed by atoms with van der Waals surface area (Å²) < 4.78 is 26.3. The molecule has 1 heterocycles. The summed E-state index contributed by atoms with van der Waals surface area (Å²) in [6, 6.07) is 9.06. The molecule has 1 aliphatic heterocycles. The summed E-state index contributed by atoms with van der Waals surface area (Å²) in [6.07, 6.45) is 3.50. The van der Waals surface area contributed by atoms with Crippen LogP contribution in [0.15, 0.2) is 36.4 Å². The van der Waals surface area contributed by atoms with Gasteiger partial charge in [0.05, 0.1) is 28.4 Å². The van der Waals surface area contributed by atoms with E-state index in [1.54, 1.807) is 57.6 Å². The molecule has 0 saturated heterocycles. The minimum absolute atomic E-state index is 0.258. The Morgan fingerprint density at radius 2 is 1.59 bits per heavy atom. The Balaban J connectivity index is 1.58. The molecule has 3 rings (SSSR count). The summed E-state index contributed by atoms with van der Waals surface area (Å²) in [4.78, 5) is 26.4. The van der Waals surface area contributed by atoms with Crippen molar-refractivity contribution in [3.8, 4) is 23.0 Å². The molecule has 0 fully saturated rings. The van der Waals surface area contributed by atoms with E-state index in [0.29, 0.717) is 48.1 Å². The van der Waals surface area contributed by atoms with Crippen molar-refractivity contribution in [3.05, 3.63) is 53.1 Å². The molecule has 32 heavy (non-hydrogen) atoms. The number of esters is 1. The Hall–Kier alpha value is -3.68. The van der Waals surface area contributed by atoms with Gasteiger partial charge in [0.25, 0.3) is 5.91 Å². The van der Waals surface area contributed by atoms with E-state index in [1.807, 2.05) is 12.1 Å². The first-order valence-electron chi connectivity index (χ1n) is 10.1. The fraction of sp³-hybridized carbons (Fsp3) is 0.333. The second kappa shape index (κ2) is 10.6. The zero-order valence-corrected chi connectivity index (χ0v) is 18.7. The highest BCUT2D eigenvalue weighted by Gasteiger charge is 2.23. The Morgan fingerprint density at radius 1 is 0.906 bits per heavy atom. The molecule has 170 valence electrons. The summed E-state index contributed by atoms with van der Waals surface area (Å²) >= 11 is 0. The predicted molar refractivity (Wildman–Crippen MR) is 118 cm³/mol. The average molecular weight is 441 g/mol. The maximum Gasteiger partial charge on any atom is 0.331 e. The number of amides is 1. The lowest BCUT2D eigenvalue weighted by molar-refractivity contribution is -0.148. The molecule has 1 amide bonds. The van der Waals surface area contributed by atoms with Gasteiger partial charge in [-0.2, -0.15) is 0 Å². The third-order valence-corrected chi connectivity index (χ3v) is 5.24. The highest BCUT2D eigenvalue weighted by molar-refractivity contribution is 5.89. The number of carbonyl (C=O) groups excluding carboxylic acids is 2. The van der Waals surface area contributed by atoms with Gasteiger partial charge in [0.1, 0.15) is 11.5 Å². The van der Waals surface area contributed by atoms with Crippen molar-refractivity contribution in [2.45, 2.75) is 13.0 Å². The van der Waals surface area contributed by atoms with Crippen molar-refractivity contribution in [1.29, 1.82) is 0 Å². The molecular weight excluding hydrogens is 414 g/mol. The molecule has 8 heteroatoms. The van der Waals surface area contributed by atoms with E-state index >= 15 is 0 Å². The smallest absolute Gasteiger partial charge is 0.331 e. The van der Waals surface area contributed by atoms with Crippen molar-refractivity contribution in [2.75, 3.05) is 41.6 Å². The van der Waals surface area contributed by atoms with E-state index in [0.717, 1.165) is 11.1 Å². The monoisotopic (exact) mass is 441 g/mol. The normalized spacial score (nSPS) is 12.8. The van der Waals surface area contributed by atoms with Crippen LogP contribution in [0.1, 0.15) is 16.7 Å². The summed E-state index contributed by atoms with van der Waals surface area (Å²) in [5.41, 5.74) is 2.75. The van der Waals surface area contributed by atoms with E-state index in [-0.39, 0.29) is 12.5 Å². The minimum Gasteiger partial charge on any atom is -0.497 e. The molecule has 0 aromatic heterocycles. The van der Waals surface area contributed by atoms with Crippen LogP contribution >= 0.6 is 0 Å². The number of hydrogen-bond acceptors (Lipinski definition) is 7. The molecule has 2 aromatic rings. The SMILES string of the molecule is COc1ccc(OC)c(/C=C/C(=O)OCC(=O)N2CCc3cc(OC)c(OC)cc3C2)c1. The van der Waals surface area contributed by atoms with Gasteiger partial charge in [0, 0.05) is 24.7 Å². The third-order valence-electron chi connectivity index (χ3n) is 5.24. The number of nitrogens with zero attached hydrogens (tertiary/aromatic N) is 1. The van der Waals surface area contributed by atoms with Crippen LogP contribution in [-0.4, -0.2) is 58.4 Å². The van der Waals surface area contributed by atoms with Crippen molar-refractivity contribution in [2.24, 2.45) is 0 Å². The van der Waals surface area contributed by atoms with Crippen molar-refractivity contribution in [1.82, 2.24) is 4.90 Å². The zero-order chi connectivity index (χ0) is 23.1. The number of methoxy groups -OCH3 is 4. The van der Waals surface area contributed by atoms with Crippen LogP contribution in [0.5, 0.6) is 23.0 Å². The Morgan fingerprint density at radius 3 is 2.25 bits per heavy atom. The molecule has 0 atom stereocenters. The van der Waals surface area contributed by atoms with Gasteiger partial charge in [0.2, 0.25) is 0 Å². The molecule has 0 bridgehead atoms. The van der Waals surface area contributed by atoms with E-state index in [2.05, 4.69) is 0 Å². The summed E-state index contributed by atoms with van der Waals surface area (Å²) in [6.45, 7) is 0.625. The Labute approximate surface area is 187 Å². The van der Waals surface area contributed by atoms with Crippen LogP contribution < -0.4 is 18.9 Å². The molecule has 2 aromatic carbocycles. The second-order valence-electron chi connectivity index (χ2n) is 7.09. The van der Waals surface area contributed by atoms with Gasteiger partial charge in [-0.15, -0.1) is 0 Å². The van der Waals surface area contributed by atoms with E-state index in [4.69, 9.17) is 23.7 Å². The summed E-state index contributed by atoms with van der Waals surface area (Å²) in [5.74, 6) is 1.63. The lowest BCUT2D eigenvalue weighted by atomic mass is 9.99. The minimum atomic E-state index is -0.618. The molecule has 0 radical (unpaired) electrons. The van der Waals surface area contributed by atoms with Gasteiger partial charge in [-0.3, -0.25) is 4.79 Å². The molecule has 0 aliphatic carbocycles. The number of ether oxygens (including phenoxy) is 5. The molecule has 0 spiro atoms. The first-order chi connectivity index (χ1) is 15.5. The van der Waals surface area contributed by atoms with Crippen molar-refractivity contribution < 1.29 is 33.3 Å². The predicted octanol–water partition coefficient (Wildman–Crippen LogP) is 2.86. The molecule has 0 N–H and O–H groups in total. The number of carbonyl (C=O) groups is 2. The first kappa shape index (κ1) is 23.0. The van der Waals surface area contributed by atoms with E-state index in [1.165, 1.54) is 6.08 Å². The quantitative estimate of drug-likeness (QED) is 0.460. The summed E-state index contributed by atoms with van der Waals surface area (Å²) in [7, 11) is 6.26. The van der Waals surface area contributed by atoms with Crippen LogP contribution in [0.4, 0.5) is 0 Å². The van der Waals surface area contributed by atoms with E-state index in [9.17, 15) is 9.59 Å². The van der Waals surface area contributed by atoms with Crippen LogP contribution in [0.3, 0.4) is 0 Å². The Kier molecular flexibility index (Phi) is 7.59. The van der Waals surface area contributed by atoms with E-state index < -0.39 is 5.97 Å². The van der Waals surface area contributed by atoms with Gasteiger partial charge < -0.3 is 28.6 Å². The van der Waals surface area contributed by atoms with Gasteiger partial charge in [-0.25, -0.2) is 4.79 Å². The maximum atomic E-state index is 12.6. The standard InChI is InChI=1S/C24H27NO7/c1-28-19-6-7-20(29-2)17(11-19)5-8-24(27)32-15-23(26)25-10-9-16-12-21(30-3)22(31-4)13-18(16)14-25/h5-8,11-13H,9-10,14-15H2,1-4H3/b8-5+. The van der Waals surface area contributed by atoms with Gasteiger partial charge in [-0.1, -0.05) is 0 Å². The maximum absolute atomic E-state index is 12.6. The number of fused-ring (bicyclic) bond motifs is 1. The Bertz CT molecular complexity index is 1020. The number of hydrogen-bond donors (Lipinski definition) is 0. The molecule has 8 nitrogen and oxygen atoms in total. The van der Waals surface area contributed by atoms with Crippen LogP contribution in [0, 0.1) is 0 Å². The first-order valence-corrected chi connectivity index (χ1v) is 10.1. The highest BCUT2D eigenvalue weighted by Crippen LogP contribution is 2.33. The topological polar surface area (TPSA) is 83.5 Å². The third kappa shape index (κ3) is 5.32. The lowest BCUT2D eigenvalue weighted by Gasteiger charge is -2.29. The van der Waals surface area contributed by atoms with Crippen molar-refractivity contribution >= 4 is 18.0 Å². The largest absolute Gasteiger partial charge is 0.497 e. The van der Waals surface area contributed by atoms with Crippen LogP contribution in [-0.2, 0) is 27.3 Å². The van der Waals surface area contributed by atoms with Crippen LogP contribution in [0.25, 0.3) is 6.08 Å². The average Bonchev–Trinajstić information content (AvgIpc) is 2.84. The highest BCUT2D eigenvalue weighted by atomic mass is 16.5. The summed E-state index contributed by atoms with van der Waals surface area (Å²) in [5, 5.41) is 0. The lowest BCUT2D eigenvalue weighted by Crippen LogP contribution is -2.38. The molecule has 0 unspecified atom stereocenters.